The van der Waals surface area contributed by atoms with E-state index < -0.39 is 0 Å². The number of carbonyl (C=O) groups excluding carboxylic acids is 1. The van der Waals surface area contributed by atoms with Gasteiger partial charge < -0.3 is 29.8 Å². The minimum absolute atomic E-state index is 0.163. The van der Waals surface area contributed by atoms with Gasteiger partial charge in [-0.05, 0) is 42.2 Å². The second-order valence-corrected chi connectivity index (χ2v) is 10.8. The molecule has 0 atom stereocenters. The third-order valence-electron chi connectivity index (χ3n) is 7.57. The standard InChI is InChI=1S/C31H40N8O5/c1-3-4-16-44-30-35-28(32)27-29(36-30)39(31(41)34-27)21-23-9-10-25(33-20-23)38-12-6-11-37(13-14-38)15-17-43-24-8-5-7-22(18-24)19-26(40)42-2/h5,7-10,18,20H,3-4,6,11-17,19,21H2,1-2H3,(H,34,41)(H2,32,35,36). The topological polar surface area (TPSA) is 154 Å². The largest absolute Gasteiger partial charge is 0.492 e. The summed E-state index contributed by atoms with van der Waals surface area (Å²) in [5.74, 6) is 1.56. The molecule has 1 saturated heterocycles. The number of ether oxygens (including phenoxy) is 3. The summed E-state index contributed by atoms with van der Waals surface area (Å²) >= 11 is 0. The average Bonchev–Trinajstić information content (AvgIpc) is 3.17. The van der Waals surface area contributed by atoms with Gasteiger partial charge in [-0.3, -0.25) is 14.3 Å². The number of nitrogen functional groups attached to an aromatic ring is 1. The molecule has 0 saturated carbocycles. The van der Waals surface area contributed by atoms with Crippen LogP contribution in [0.2, 0.25) is 0 Å². The summed E-state index contributed by atoms with van der Waals surface area (Å²) in [4.78, 5) is 45.1. The van der Waals surface area contributed by atoms with Crippen LogP contribution in [0.1, 0.15) is 37.3 Å². The second kappa shape index (κ2) is 14.7. The van der Waals surface area contributed by atoms with Gasteiger partial charge in [-0.25, -0.2) is 9.78 Å². The molecule has 4 heterocycles. The van der Waals surface area contributed by atoms with Gasteiger partial charge in [0.25, 0.3) is 0 Å². The summed E-state index contributed by atoms with van der Waals surface area (Å²) in [6, 6.07) is 11.7. The number of fused-ring (bicyclic) bond motifs is 1. The van der Waals surface area contributed by atoms with Crippen molar-refractivity contribution in [1.82, 2.24) is 29.4 Å². The van der Waals surface area contributed by atoms with E-state index in [2.05, 4.69) is 31.7 Å². The maximum atomic E-state index is 12.8. The molecule has 13 heteroatoms. The molecular formula is C31H40N8O5. The van der Waals surface area contributed by atoms with Crippen LogP contribution >= 0.6 is 0 Å². The molecule has 0 bridgehead atoms. The van der Waals surface area contributed by atoms with Crippen molar-refractivity contribution in [3.05, 3.63) is 64.2 Å². The van der Waals surface area contributed by atoms with Gasteiger partial charge in [0.05, 0.1) is 26.7 Å². The second-order valence-electron chi connectivity index (χ2n) is 10.8. The van der Waals surface area contributed by atoms with Crippen molar-refractivity contribution >= 4 is 28.8 Å². The van der Waals surface area contributed by atoms with Gasteiger partial charge in [0.1, 0.15) is 23.7 Å². The smallest absolute Gasteiger partial charge is 0.328 e. The zero-order valence-corrected chi connectivity index (χ0v) is 25.3. The molecule has 0 spiro atoms. The van der Waals surface area contributed by atoms with Crippen molar-refractivity contribution in [2.45, 2.75) is 39.2 Å². The number of nitrogens with one attached hydrogen (secondary N) is 1. The Morgan fingerprint density at radius 1 is 1.05 bits per heavy atom. The van der Waals surface area contributed by atoms with Crippen molar-refractivity contribution in [2.24, 2.45) is 0 Å². The first-order chi connectivity index (χ1) is 21.4. The number of esters is 1. The van der Waals surface area contributed by atoms with Gasteiger partial charge >= 0.3 is 17.7 Å². The number of aromatic amines is 1. The van der Waals surface area contributed by atoms with Crippen molar-refractivity contribution in [2.75, 3.05) is 63.7 Å². The molecule has 4 aromatic rings. The summed E-state index contributed by atoms with van der Waals surface area (Å²) in [6.07, 6.45) is 4.89. The number of carbonyl (C=O) groups is 1. The fraction of sp³-hybridized carbons (Fsp3) is 0.452. The van der Waals surface area contributed by atoms with E-state index >= 15 is 0 Å². The molecular weight excluding hydrogens is 564 g/mol. The lowest BCUT2D eigenvalue weighted by atomic mass is 10.1. The number of methoxy groups -OCH3 is 1. The van der Waals surface area contributed by atoms with Gasteiger partial charge in [0.2, 0.25) is 0 Å². The van der Waals surface area contributed by atoms with Gasteiger partial charge in [-0.2, -0.15) is 9.97 Å². The fourth-order valence-electron chi connectivity index (χ4n) is 5.13. The predicted molar refractivity (Wildman–Crippen MR) is 167 cm³/mol. The van der Waals surface area contributed by atoms with Crippen LogP contribution in [0.4, 0.5) is 11.6 Å². The molecule has 13 nitrogen and oxygen atoms in total. The Morgan fingerprint density at radius 2 is 1.93 bits per heavy atom. The Hall–Kier alpha value is -4.65. The highest BCUT2D eigenvalue weighted by molar-refractivity contribution is 5.82. The van der Waals surface area contributed by atoms with E-state index in [1.165, 1.54) is 11.7 Å². The number of hydrogen-bond donors (Lipinski definition) is 2. The zero-order valence-electron chi connectivity index (χ0n) is 25.3. The van der Waals surface area contributed by atoms with Gasteiger partial charge in [-0.1, -0.05) is 31.5 Å². The Balaban J connectivity index is 1.15. The fourth-order valence-corrected chi connectivity index (χ4v) is 5.13. The van der Waals surface area contributed by atoms with Crippen LogP contribution in [-0.2, 0) is 22.5 Å². The van der Waals surface area contributed by atoms with Crippen LogP contribution < -0.4 is 25.8 Å². The molecule has 3 aromatic heterocycles. The predicted octanol–water partition coefficient (Wildman–Crippen LogP) is 2.63. The highest BCUT2D eigenvalue weighted by Gasteiger charge is 2.18. The number of H-pyrrole nitrogens is 1. The first-order valence-electron chi connectivity index (χ1n) is 15.0. The highest BCUT2D eigenvalue weighted by Crippen LogP contribution is 2.20. The van der Waals surface area contributed by atoms with E-state index in [1.807, 2.05) is 36.4 Å². The molecule has 0 aliphatic carbocycles. The number of rotatable bonds is 13. The van der Waals surface area contributed by atoms with Gasteiger partial charge in [0.15, 0.2) is 11.5 Å². The maximum Gasteiger partial charge on any atom is 0.328 e. The molecule has 0 unspecified atom stereocenters. The Labute approximate surface area is 256 Å². The summed E-state index contributed by atoms with van der Waals surface area (Å²) in [7, 11) is 1.39. The number of unbranched alkanes of at least 4 members (excludes halogenated alkanes) is 1. The number of aromatic nitrogens is 5. The van der Waals surface area contributed by atoms with E-state index in [0.29, 0.717) is 24.4 Å². The van der Waals surface area contributed by atoms with Crippen LogP contribution in [0.25, 0.3) is 11.2 Å². The summed E-state index contributed by atoms with van der Waals surface area (Å²) in [5.41, 5.74) is 8.30. The Bertz CT molecular complexity index is 1600. The molecule has 44 heavy (non-hydrogen) atoms. The van der Waals surface area contributed by atoms with Crippen LogP contribution in [0.3, 0.4) is 0 Å². The normalized spacial score (nSPS) is 14.0. The lowest BCUT2D eigenvalue weighted by Gasteiger charge is -2.23. The average molecular weight is 605 g/mol. The Morgan fingerprint density at radius 3 is 2.73 bits per heavy atom. The highest BCUT2D eigenvalue weighted by atomic mass is 16.5. The minimum Gasteiger partial charge on any atom is -0.492 e. The molecule has 5 rings (SSSR count). The molecule has 3 N–H and O–H groups in total. The van der Waals surface area contributed by atoms with Crippen LogP contribution in [0.5, 0.6) is 11.8 Å². The van der Waals surface area contributed by atoms with Crippen LogP contribution in [-0.4, -0.2) is 88.4 Å². The van der Waals surface area contributed by atoms with E-state index in [-0.39, 0.29) is 36.5 Å². The summed E-state index contributed by atoms with van der Waals surface area (Å²) in [5, 5.41) is 0. The Kier molecular flexibility index (Phi) is 10.3. The zero-order chi connectivity index (χ0) is 30.9. The molecule has 1 aliphatic rings. The van der Waals surface area contributed by atoms with Crippen molar-refractivity contribution < 1.29 is 19.0 Å². The monoisotopic (exact) mass is 604 g/mol. The maximum absolute atomic E-state index is 12.8. The van der Waals surface area contributed by atoms with E-state index in [1.54, 1.807) is 6.20 Å². The third kappa shape index (κ3) is 7.84. The van der Waals surface area contributed by atoms with Crippen molar-refractivity contribution in [1.29, 1.82) is 0 Å². The first kappa shape index (κ1) is 30.8. The van der Waals surface area contributed by atoms with E-state index in [0.717, 1.165) is 74.7 Å². The SMILES string of the molecule is CCCCOc1nc(N)c2[nH]c(=O)n(Cc3ccc(N4CCCN(CCOc5cccc(CC(=O)OC)c5)CC4)nc3)c2n1. The van der Waals surface area contributed by atoms with Crippen LogP contribution in [0, 0.1) is 0 Å². The van der Waals surface area contributed by atoms with Crippen LogP contribution in [0.15, 0.2) is 47.4 Å². The number of nitrogens with zero attached hydrogens (tertiary/aromatic N) is 6. The van der Waals surface area contributed by atoms with Gasteiger partial charge in [0, 0.05) is 38.9 Å². The molecule has 1 aromatic carbocycles. The number of anilines is 2. The first-order valence-corrected chi connectivity index (χ1v) is 15.0. The molecule has 1 aliphatic heterocycles. The van der Waals surface area contributed by atoms with E-state index in [4.69, 9.17) is 24.9 Å². The van der Waals surface area contributed by atoms with Crippen molar-refractivity contribution in [3.63, 3.8) is 0 Å². The molecule has 1 fully saturated rings. The number of hydrogen-bond acceptors (Lipinski definition) is 11. The van der Waals surface area contributed by atoms with E-state index in [9.17, 15) is 9.59 Å². The third-order valence-corrected chi connectivity index (χ3v) is 7.57. The quantitative estimate of drug-likeness (QED) is 0.171. The lowest BCUT2D eigenvalue weighted by molar-refractivity contribution is -0.139. The minimum atomic E-state index is -0.318. The summed E-state index contributed by atoms with van der Waals surface area (Å²) in [6.45, 7) is 7.82. The molecule has 0 radical (unpaired) electrons. The number of pyridine rings is 1. The van der Waals surface area contributed by atoms with Gasteiger partial charge in [-0.15, -0.1) is 0 Å². The van der Waals surface area contributed by atoms with Crippen molar-refractivity contribution in [3.8, 4) is 11.8 Å². The lowest BCUT2D eigenvalue weighted by Crippen LogP contribution is -2.33. The molecule has 0 amide bonds. The number of imidazole rings is 1. The summed E-state index contributed by atoms with van der Waals surface area (Å²) < 4.78 is 17.9. The molecule has 234 valence electrons. The number of benzene rings is 1. The number of nitrogens with two attached hydrogens (primary N) is 1.